The first-order valence-corrected chi connectivity index (χ1v) is 11.0. The first-order valence-electron chi connectivity index (χ1n) is 9.22. The van der Waals surface area contributed by atoms with E-state index in [1.807, 2.05) is 6.92 Å². The zero-order valence-corrected chi connectivity index (χ0v) is 16.0. The van der Waals surface area contributed by atoms with Crippen LogP contribution in [0.3, 0.4) is 0 Å². The molecule has 2 heterocycles. The number of amides is 1. The molecule has 0 bridgehead atoms. The Hall–Kier alpha value is -1.67. The highest BCUT2D eigenvalue weighted by Gasteiger charge is 2.35. The summed E-state index contributed by atoms with van der Waals surface area (Å²) in [4.78, 5) is 17.8. The molecule has 0 spiro atoms. The molecule has 2 saturated heterocycles. The van der Waals surface area contributed by atoms with E-state index in [1.54, 1.807) is 17.0 Å². The van der Waals surface area contributed by atoms with E-state index in [0.717, 1.165) is 31.9 Å². The smallest absolute Gasteiger partial charge is 0.278 e. The van der Waals surface area contributed by atoms with E-state index in [4.69, 9.17) is 0 Å². The minimum absolute atomic E-state index is 0.0415. The Morgan fingerprint density at radius 3 is 2.46 bits per heavy atom. The van der Waals surface area contributed by atoms with Crippen molar-refractivity contribution in [3.05, 3.63) is 30.1 Å². The number of piperazine rings is 1. The van der Waals surface area contributed by atoms with Crippen molar-refractivity contribution in [2.24, 2.45) is 0 Å². The number of hydrogen-bond acceptors (Lipinski definition) is 4. The van der Waals surface area contributed by atoms with Crippen LogP contribution in [0.2, 0.25) is 0 Å². The summed E-state index contributed by atoms with van der Waals surface area (Å²) in [6.45, 7) is 6.17. The Morgan fingerprint density at radius 2 is 1.92 bits per heavy atom. The molecule has 8 heteroatoms. The average molecular weight is 384 g/mol. The maximum atomic E-state index is 13.0. The molecule has 144 valence electrons. The van der Waals surface area contributed by atoms with E-state index in [-0.39, 0.29) is 29.3 Å². The van der Waals surface area contributed by atoms with Gasteiger partial charge in [-0.25, -0.2) is 12.8 Å². The van der Waals surface area contributed by atoms with Crippen LogP contribution in [-0.2, 0) is 14.6 Å². The van der Waals surface area contributed by atoms with Crippen LogP contribution in [0.1, 0.15) is 13.3 Å². The van der Waals surface area contributed by atoms with Gasteiger partial charge in [-0.3, -0.25) is 4.79 Å². The van der Waals surface area contributed by atoms with E-state index in [9.17, 15) is 17.6 Å². The minimum Gasteiger partial charge on any atom is -0.360 e. The zero-order valence-electron chi connectivity index (χ0n) is 15.2. The molecule has 0 radical (unpaired) electrons. The summed E-state index contributed by atoms with van der Waals surface area (Å²) in [6, 6.07) is 6.33. The maximum absolute atomic E-state index is 13.0. The number of benzene rings is 1. The second-order valence-electron chi connectivity index (χ2n) is 7.13. The number of sulfone groups is 1. The topological polar surface area (TPSA) is 62.1 Å². The lowest BCUT2D eigenvalue weighted by Gasteiger charge is -2.35. The van der Waals surface area contributed by atoms with Gasteiger partial charge >= 0.3 is 0 Å². The van der Waals surface area contributed by atoms with Crippen molar-refractivity contribution in [3.8, 4) is 0 Å². The van der Waals surface area contributed by atoms with E-state index >= 15 is 0 Å². The van der Waals surface area contributed by atoms with Crippen molar-refractivity contribution in [3.63, 3.8) is 0 Å². The van der Waals surface area contributed by atoms with Crippen LogP contribution in [-0.4, -0.2) is 76.0 Å². The van der Waals surface area contributed by atoms with Crippen LogP contribution in [0.5, 0.6) is 0 Å². The number of carbonyl (C=O) groups is 1. The number of halogens is 1. The van der Waals surface area contributed by atoms with E-state index in [2.05, 4.69) is 4.90 Å². The Morgan fingerprint density at radius 1 is 1.27 bits per heavy atom. The van der Waals surface area contributed by atoms with Gasteiger partial charge in [0.05, 0.1) is 37.7 Å². The van der Waals surface area contributed by atoms with E-state index in [1.165, 1.54) is 17.0 Å². The average Bonchev–Trinajstić information content (AvgIpc) is 2.96. The molecular formula is C18H27FN3O3S+. The summed E-state index contributed by atoms with van der Waals surface area (Å²) in [7, 11) is -2.99. The number of quaternary nitrogens is 1. The Balaban J connectivity index is 1.51. The lowest BCUT2D eigenvalue weighted by atomic mass is 10.2. The molecule has 3 rings (SSSR count). The molecule has 1 aromatic rings. The first kappa shape index (κ1) is 19.1. The fourth-order valence-electron chi connectivity index (χ4n) is 3.88. The molecule has 0 unspecified atom stereocenters. The van der Waals surface area contributed by atoms with Crippen molar-refractivity contribution >= 4 is 21.4 Å². The predicted octanol–water partition coefficient (Wildman–Crippen LogP) is -0.434. The van der Waals surface area contributed by atoms with E-state index < -0.39 is 9.84 Å². The highest BCUT2D eigenvalue weighted by atomic mass is 32.2. The molecule has 0 aromatic heterocycles. The zero-order chi connectivity index (χ0) is 18.7. The number of carbonyl (C=O) groups excluding carboxylic acids is 1. The van der Waals surface area contributed by atoms with Gasteiger partial charge in [-0.1, -0.05) is 0 Å². The number of hydrogen-bond donors (Lipinski definition) is 1. The first-order chi connectivity index (χ1) is 12.4. The number of likely N-dealkylation sites (N-methyl/N-ethyl adjacent to an activating group) is 1. The van der Waals surface area contributed by atoms with Gasteiger partial charge in [-0.15, -0.1) is 0 Å². The highest BCUT2D eigenvalue weighted by molar-refractivity contribution is 7.91. The second kappa shape index (κ2) is 7.92. The highest BCUT2D eigenvalue weighted by Crippen LogP contribution is 2.18. The molecule has 0 saturated carbocycles. The third kappa shape index (κ3) is 4.54. The van der Waals surface area contributed by atoms with Crippen molar-refractivity contribution < 1.29 is 22.5 Å². The third-order valence-electron chi connectivity index (χ3n) is 5.37. The summed E-state index contributed by atoms with van der Waals surface area (Å²) >= 11 is 0. The number of nitrogens with one attached hydrogen (secondary N) is 1. The minimum atomic E-state index is -2.99. The van der Waals surface area contributed by atoms with Crippen LogP contribution < -0.4 is 9.80 Å². The predicted molar refractivity (Wildman–Crippen MR) is 98.6 cm³/mol. The van der Waals surface area contributed by atoms with Gasteiger partial charge in [0.15, 0.2) is 16.4 Å². The maximum Gasteiger partial charge on any atom is 0.278 e. The lowest BCUT2D eigenvalue weighted by Crippen LogP contribution is -3.16. The summed E-state index contributed by atoms with van der Waals surface area (Å²) in [5.41, 5.74) is 1.00. The monoisotopic (exact) mass is 384 g/mol. The molecule has 0 aliphatic carbocycles. The Bertz CT molecular complexity index is 731. The molecule has 2 aliphatic rings. The summed E-state index contributed by atoms with van der Waals surface area (Å²) in [5, 5.41) is 0. The van der Waals surface area contributed by atoms with Crippen molar-refractivity contribution in [2.45, 2.75) is 19.4 Å². The van der Waals surface area contributed by atoms with Crippen LogP contribution in [0, 0.1) is 5.82 Å². The summed E-state index contributed by atoms with van der Waals surface area (Å²) in [6.07, 6.45) is 0.551. The Labute approximate surface area is 154 Å². The van der Waals surface area contributed by atoms with Gasteiger partial charge in [-0.05, 0) is 37.6 Å². The largest absolute Gasteiger partial charge is 0.360 e. The van der Waals surface area contributed by atoms with Gasteiger partial charge in [0.2, 0.25) is 0 Å². The van der Waals surface area contributed by atoms with Crippen LogP contribution in [0.4, 0.5) is 10.1 Å². The molecule has 2 fully saturated rings. The Kier molecular flexibility index (Phi) is 5.82. The van der Waals surface area contributed by atoms with Gasteiger partial charge in [0.25, 0.3) is 5.91 Å². The quantitative estimate of drug-likeness (QED) is 0.748. The molecule has 1 N–H and O–H groups in total. The lowest BCUT2D eigenvalue weighted by molar-refractivity contribution is -0.892. The van der Waals surface area contributed by atoms with Crippen LogP contribution in [0.25, 0.3) is 0 Å². The second-order valence-corrected chi connectivity index (χ2v) is 9.36. The summed E-state index contributed by atoms with van der Waals surface area (Å²) in [5.74, 6) is 0.0854. The van der Waals surface area contributed by atoms with Crippen LogP contribution in [0.15, 0.2) is 24.3 Å². The van der Waals surface area contributed by atoms with Gasteiger partial charge in [-0.2, -0.15) is 0 Å². The van der Waals surface area contributed by atoms with Crippen molar-refractivity contribution in [1.82, 2.24) is 4.90 Å². The molecule has 6 nitrogen and oxygen atoms in total. The number of anilines is 1. The molecule has 1 amide bonds. The SMILES string of the molecule is CCN(C(=O)C[NH+]1CCN(c2ccc(F)cc2)CC1)[C@H]1CCS(=O)(=O)C1. The molecule has 1 atom stereocenters. The fourth-order valence-corrected chi connectivity index (χ4v) is 5.62. The normalized spacial score (nSPS) is 23.2. The van der Waals surface area contributed by atoms with Crippen molar-refractivity contribution in [2.75, 3.05) is 55.7 Å². The molecular weight excluding hydrogens is 357 g/mol. The molecule has 26 heavy (non-hydrogen) atoms. The van der Waals surface area contributed by atoms with Gasteiger partial charge in [0.1, 0.15) is 5.82 Å². The molecule has 2 aliphatic heterocycles. The van der Waals surface area contributed by atoms with Crippen molar-refractivity contribution in [1.29, 1.82) is 0 Å². The van der Waals surface area contributed by atoms with Crippen LogP contribution >= 0.6 is 0 Å². The summed E-state index contributed by atoms with van der Waals surface area (Å²) < 4.78 is 36.4. The number of rotatable bonds is 5. The standard InChI is InChI=1S/C18H26FN3O3S/c1-2-22(17-7-12-26(24,25)14-17)18(23)13-20-8-10-21(11-9-20)16-5-3-15(19)4-6-16/h3-6,17H,2,7-14H2,1H3/p+1/t17-/m0/s1. The number of nitrogens with zero attached hydrogens (tertiary/aromatic N) is 2. The van der Waals surface area contributed by atoms with Gasteiger partial charge in [0, 0.05) is 18.3 Å². The third-order valence-corrected chi connectivity index (χ3v) is 7.12. The van der Waals surface area contributed by atoms with Gasteiger partial charge < -0.3 is 14.7 Å². The van der Waals surface area contributed by atoms with E-state index in [0.29, 0.717) is 19.5 Å². The fraction of sp³-hybridized carbons (Fsp3) is 0.611. The molecule has 1 aromatic carbocycles.